The Morgan fingerprint density at radius 2 is 2.32 bits per heavy atom. The molecule has 0 aliphatic carbocycles. The maximum Gasteiger partial charge on any atom is 0.252 e. The topological polar surface area (TPSA) is 50.4 Å². The molecule has 1 amide bonds. The van der Waals surface area contributed by atoms with Gasteiger partial charge in [0.2, 0.25) is 0 Å². The number of carbonyl (C=O) groups excluding carboxylic acids is 1. The lowest BCUT2D eigenvalue weighted by atomic mass is 10.1. The molecule has 1 saturated heterocycles. The largest absolute Gasteiger partial charge is 0.497 e. The molecule has 2 rings (SSSR count). The number of halogens is 1. The molecule has 0 spiro atoms. The monoisotopic (exact) mass is 326 g/mol. The Balaban J connectivity index is 2.06. The van der Waals surface area contributed by atoms with Crippen LogP contribution in [0, 0.1) is 0 Å². The molecule has 1 fully saturated rings. The third-order valence-electron chi connectivity index (χ3n) is 3.30. The molecular weight excluding hydrogens is 308 g/mol. The van der Waals surface area contributed by atoms with Crippen LogP contribution in [0.3, 0.4) is 0 Å². The lowest BCUT2D eigenvalue weighted by Crippen LogP contribution is -2.40. The summed E-state index contributed by atoms with van der Waals surface area (Å²) in [5.41, 5.74) is 0.614. The van der Waals surface area contributed by atoms with Crippen LogP contribution in [0.15, 0.2) is 22.7 Å². The summed E-state index contributed by atoms with van der Waals surface area (Å²) in [7, 11) is 1.60. The van der Waals surface area contributed by atoms with E-state index in [2.05, 4.69) is 26.6 Å². The van der Waals surface area contributed by atoms with Gasteiger partial charge in [0.15, 0.2) is 0 Å². The van der Waals surface area contributed by atoms with Gasteiger partial charge in [0, 0.05) is 17.1 Å². The SMILES string of the molecule is COc1ccc(Br)c(C(=O)NC2CCCCNC2)c1. The molecule has 0 radical (unpaired) electrons. The van der Waals surface area contributed by atoms with E-state index in [0.29, 0.717) is 11.3 Å². The lowest BCUT2D eigenvalue weighted by Gasteiger charge is -2.17. The van der Waals surface area contributed by atoms with Crippen molar-refractivity contribution in [1.29, 1.82) is 0 Å². The molecule has 1 aromatic carbocycles. The van der Waals surface area contributed by atoms with E-state index in [1.165, 1.54) is 6.42 Å². The van der Waals surface area contributed by atoms with Crippen molar-refractivity contribution in [3.63, 3.8) is 0 Å². The standard InChI is InChI=1S/C14H19BrN2O2/c1-19-11-5-6-13(15)12(8-11)14(18)17-10-4-2-3-7-16-9-10/h5-6,8,10,16H,2-4,7,9H2,1H3,(H,17,18). The number of hydrogen-bond acceptors (Lipinski definition) is 3. The van der Waals surface area contributed by atoms with Gasteiger partial charge in [0.05, 0.1) is 12.7 Å². The average Bonchev–Trinajstić information content (AvgIpc) is 2.68. The number of benzene rings is 1. The molecule has 0 aromatic heterocycles. The van der Waals surface area contributed by atoms with Gasteiger partial charge >= 0.3 is 0 Å². The van der Waals surface area contributed by atoms with Crippen LogP contribution in [0.25, 0.3) is 0 Å². The number of ether oxygens (including phenoxy) is 1. The molecule has 1 aliphatic heterocycles. The molecule has 2 N–H and O–H groups in total. The van der Waals surface area contributed by atoms with E-state index in [1.54, 1.807) is 13.2 Å². The zero-order valence-corrected chi connectivity index (χ0v) is 12.6. The average molecular weight is 327 g/mol. The lowest BCUT2D eigenvalue weighted by molar-refractivity contribution is 0.0934. The van der Waals surface area contributed by atoms with E-state index in [1.807, 2.05) is 12.1 Å². The maximum atomic E-state index is 12.3. The van der Waals surface area contributed by atoms with Gasteiger partial charge in [-0.15, -0.1) is 0 Å². The van der Waals surface area contributed by atoms with Crippen LogP contribution in [-0.2, 0) is 0 Å². The first-order chi connectivity index (χ1) is 9.20. The van der Waals surface area contributed by atoms with Crippen molar-refractivity contribution in [2.24, 2.45) is 0 Å². The molecule has 0 saturated carbocycles. The molecule has 4 nitrogen and oxygen atoms in total. The first kappa shape index (κ1) is 14.3. The fourth-order valence-electron chi connectivity index (χ4n) is 2.21. The highest BCUT2D eigenvalue weighted by Gasteiger charge is 2.17. The van der Waals surface area contributed by atoms with E-state index < -0.39 is 0 Å². The van der Waals surface area contributed by atoms with Crippen LogP contribution in [0.1, 0.15) is 29.6 Å². The van der Waals surface area contributed by atoms with Gasteiger partial charge in [-0.3, -0.25) is 4.79 Å². The normalized spacial score (nSPS) is 19.6. The Hall–Kier alpha value is -1.07. The second-order valence-corrected chi connectivity index (χ2v) is 5.57. The highest BCUT2D eigenvalue weighted by atomic mass is 79.9. The molecule has 104 valence electrons. The van der Waals surface area contributed by atoms with Gasteiger partial charge < -0.3 is 15.4 Å². The predicted octanol–water partition coefficient (Wildman–Crippen LogP) is 2.33. The van der Waals surface area contributed by atoms with E-state index in [9.17, 15) is 4.79 Å². The zero-order valence-electron chi connectivity index (χ0n) is 11.0. The first-order valence-electron chi connectivity index (χ1n) is 6.56. The van der Waals surface area contributed by atoms with Gasteiger partial charge in [-0.1, -0.05) is 6.42 Å². The number of methoxy groups -OCH3 is 1. The molecule has 1 unspecified atom stereocenters. The smallest absolute Gasteiger partial charge is 0.252 e. The Morgan fingerprint density at radius 1 is 1.47 bits per heavy atom. The molecule has 1 aromatic rings. The van der Waals surface area contributed by atoms with E-state index in [-0.39, 0.29) is 11.9 Å². The summed E-state index contributed by atoms with van der Waals surface area (Å²) in [5.74, 6) is 0.631. The summed E-state index contributed by atoms with van der Waals surface area (Å²) in [4.78, 5) is 12.3. The minimum Gasteiger partial charge on any atom is -0.497 e. The summed E-state index contributed by atoms with van der Waals surface area (Å²) in [5, 5.41) is 6.42. The maximum absolute atomic E-state index is 12.3. The van der Waals surface area contributed by atoms with E-state index in [4.69, 9.17) is 4.74 Å². The van der Waals surface area contributed by atoms with Crippen molar-refractivity contribution in [3.05, 3.63) is 28.2 Å². The van der Waals surface area contributed by atoms with E-state index in [0.717, 1.165) is 30.4 Å². The second kappa shape index (κ2) is 6.91. The van der Waals surface area contributed by atoms with Crippen molar-refractivity contribution >= 4 is 21.8 Å². The number of amides is 1. The molecule has 1 aliphatic rings. The Morgan fingerprint density at radius 3 is 3.11 bits per heavy atom. The van der Waals surface area contributed by atoms with Gasteiger partial charge in [0.25, 0.3) is 5.91 Å². The van der Waals surface area contributed by atoms with Crippen molar-refractivity contribution in [2.45, 2.75) is 25.3 Å². The molecule has 1 atom stereocenters. The third-order valence-corrected chi connectivity index (χ3v) is 3.99. The van der Waals surface area contributed by atoms with Gasteiger partial charge in [0.1, 0.15) is 5.75 Å². The van der Waals surface area contributed by atoms with Crippen molar-refractivity contribution in [1.82, 2.24) is 10.6 Å². The second-order valence-electron chi connectivity index (χ2n) is 4.72. The van der Waals surface area contributed by atoms with Gasteiger partial charge in [-0.2, -0.15) is 0 Å². The predicted molar refractivity (Wildman–Crippen MR) is 78.7 cm³/mol. The van der Waals surface area contributed by atoms with Crippen molar-refractivity contribution in [2.75, 3.05) is 20.2 Å². The summed E-state index contributed by atoms with van der Waals surface area (Å²) < 4.78 is 5.94. The third kappa shape index (κ3) is 3.94. The quantitative estimate of drug-likeness (QED) is 0.896. The fraction of sp³-hybridized carbons (Fsp3) is 0.500. The summed E-state index contributed by atoms with van der Waals surface area (Å²) >= 11 is 3.41. The van der Waals surface area contributed by atoms with E-state index >= 15 is 0 Å². The fourth-order valence-corrected chi connectivity index (χ4v) is 2.64. The Bertz CT molecular complexity index is 443. The van der Waals surface area contributed by atoms with Gasteiger partial charge in [-0.25, -0.2) is 0 Å². The summed E-state index contributed by atoms with van der Waals surface area (Å²) in [6.45, 7) is 1.88. The van der Waals surface area contributed by atoms with Crippen LogP contribution in [0.4, 0.5) is 0 Å². The van der Waals surface area contributed by atoms with Crippen LogP contribution < -0.4 is 15.4 Å². The van der Waals surface area contributed by atoms with Crippen LogP contribution >= 0.6 is 15.9 Å². The van der Waals surface area contributed by atoms with Crippen molar-refractivity contribution < 1.29 is 9.53 Å². The number of carbonyl (C=O) groups is 1. The first-order valence-corrected chi connectivity index (χ1v) is 7.35. The minimum atomic E-state index is -0.0560. The minimum absolute atomic E-state index is 0.0560. The Kier molecular flexibility index (Phi) is 5.22. The highest BCUT2D eigenvalue weighted by molar-refractivity contribution is 9.10. The number of rotatable bonds is 3. The Labute approximate surface area is 122 Å². The van der Waals surface area contributed by atoms with Crippen molar-refractivity contribution in [3.8, 4) is 5.75 Å². The molecular formula is C14H19BrN2O2. The number of nitrogens with one attached hydrogen (secondary N) is 2. The van der Waals surface area contributed by atoms with Crippen LogP contribution in [0.2, 0.25) is 0 Å². The van der Waals surface area contributed by atoms with Crippen LogP contribution in [-0.4, -0.2) is 32.1 Å². The molecule has 5 heteroatoms. The molecule has 1 heterocycles. The zero-order chi connectivity index (χ0) is 13.7. The highest BCUT2D eigenvalue weighted by Crippen LogP contribution is 2.22. The number of hydrogen-bond donors (Lipinski definition) is 2. The van der Waals surface area contributed by atoms with Gasteiger partial charge in [-0.05, 0) is 53.5 Å². The van der Waals surface area contributed by atoms with Crippen LogP contribution in [0.5, 0.6) is 5.75 Å². The molecule has 19 heavy (non-hydrogen) atoms. The summed E-state index contributed by atoms with van der Waals surface area (Å²) in [6.07, 6.45) is 3.35. The molecule has 0 bridgehead atoms. The summed E-state index contributed by atoms with van der Waals surface area (Å²) in [6, 6.07) is 5.62.